The van der Waals surface area contributed by atoms with Crippen molar-refractivity contribution in [2.75, 3.05) is 0 Å². The quantitative estimate of drug-likeness (QED) is 0.122. The van der Waals surface area contributed by atoms with Gasteiger partial charge in [0.15, 0.2) is 0 Å². The highest BCUT2D eigenvalue weighted by Crippen LogP contribution is 2.49. The van der Waals surface area contributed by atoms with Gasteiger partial charge < -0.3 is 0 Å². The van der Waals surface area contributed by atoms with Gasteiger partial charge in [-0.2, -0.15) is 0 Å². The second-order valence-electron chi connectivity index (χ2n) is 11.2. The van der Waals surface area contributed by atoms with Crippen LogP contribution < -0.4 is 0 Å². The molecule has 3 aromatic carbocycles. The Morgan fingerprint density at radius 3 is 1.88 bits per heavy atom. The van der Waals surface area contributed by atoms with E-state index in [4.69, 9.17) is 0 Å². The molecule has 0 unspecified atom stereocenters. The van der Waals surface area contributed by atoms with Crippen LogP contribution in [0.4, 0.5) is 0 Å². The van der Waals surface area contributed by atoms with E-state index in [0.717, 1.165) is 15.4 Å². The second kappa shape index (κ2) is 11.9. The fourth-order valence-corrected chi connectivity index (χ4v) is 13.1. The van der Waals surface area contributed by atoms with Crippen molar-refractivity contribution in [2.24, 2.45) is 0 Å². The molecule has 0 saturated carbocycles. The van der Waals surface area contributed by atoms with Crippen molar-refractivity contribution >= 4 is 79.5 Å². The number of fused-ring (bicyclic) bond motifs is 6. The van der Waals surface area contributed by atoms with E-state index in [1.807, 2.05) is 11.3 Å². The monoisotopic (exact) mass is 704 g/mol. The van der Waals surface area contributed by atoms with E-state index >= 15 is 0 Å². The zero-order valence-electron chi connectivity index (χ0n) is 24.6. The molecule has 0 atom stereocenters. The van der Waals surface area contributed by atoms with E-state index in [0.29, 0.717) is 0 Å². The van der Waals surface area contributed by atoms with Gasteiger partial charge in [0.1, 0.15) is 16.1 Å². The molecule has 0 bridgehead atoms. The summed E-state index contributed by atoms with van der Waals surface area (Å²) in [6.45, 7) is 14.1. The van der Waals surface area contributed by atoms with Gasteiger partial charge in [-0.25, -0.2) is 0 Å². The van der Waals surface area contributed by atoms with Gasteiger partial charge >= 0.3 is 0 Å². The van der Waals surface area contributed by atoms with Gasteiger partial charge in [0.05, 0.1) is 4.70 Å². The summed E-state index contributed by atoms with van der Waals surface area (Å²) in [5.41, 5.74) is 15.9. The third-order valence-electron chi connectivity index (χ3n) is 9.66. The zero-order valence-corrected chi connectivity index (χ0v) is 30.6. The lowest BCUT2D eigenvalue weighted by Crippen LogP contribution is -2.29. The number of benzene rings is 3. The average molecular weight is 707 g/mol. The fourth-order valence-electron chi connectivity index (χ4n) is 6.31. The van der Waals surface area contributed by atoms with Crippen LogP contribution in [0.3, 0.4) is 0 Å². The highest BCUT2D eigenvalue weighted by Gasteiger charge is 2.31. The van der Waals surface area contributed by atoms with Crippen LogP contribution >= 0.6 is 43.2 Å². The predicted molar refractivity (Wildman–Crippen MR) is 191 cm³/mol. The van der Waals surface area contributed by atoms with Gasteiger partial charge in [0, 0.05) is 41.1 Å². The molecule has 40 heavy (non-hydrogen) atoms. The van der Waals surface area contributed by atoms with Gasteiger partial charge in [-0.3, -0.25) is 0 Å². The van der Waals surface area contributed by atoms with Gasteiger partial charge in [-0.1, -0.05) is 91.3 Å². The van der Waals surface area contributed by atoms with E-state index in [-0.39, 0.29) is 0 Å². The minimum absolute atomic E-state index is 0.925. The largest absolute Gasteiger partial charge is 0.138 e. The molecular formula is C35H38Br2SSi2. The smallest absolute Gasteiger partial charge is 0.134 e. The predicted octanol–water partition coefficient (Wildman–Crippen LogP) is 11.9. The molecule has 4 aromatic rings. The molecule has 0 aliphatic heterocycles. The molecule has 206 valence electrons. The Balaban J connectivity index is 1.96. The van der Waals surface area contributed by atoms with Crippen LogP contribution in [0.25, 0.3) is 31.3 Å². The van der Waals surface area contributed by atoms with Crippen LogP contribution in [0.1, 0.15) is 63.8 Å². The lowest BCUT2D eigenvalue weighted by molar-refractivity contribution is 1.20. The van der Waals surface area contributed by atoms with Gasteiger partial charge in [0.2, 0.25) is 0 Å². The molecule has 0 saturated heterocycles. The normalized spacial score (nSPS) is 12.6. The van der Waals surface area contributed by atoms with Crippen LogP contribution in [0.5, 0.6) is 0 Å². The first-order chi connectivity index (χ1) is 19.3. The first kappa shape index (κ1) is 29.9. The molecule has 1 aliphatic carbocycles. The summed E-state index contributed by atoms with van der Waals surface area (Å²) in [5.74, 6) is 7.82. The minimum Gasteiger partial charge on any atom is -0.134 e. The summed E-state index contributed by atoms with van der Waals surface area (Å²) < 4.78 is 4.88. The summed E-state index contributed by atoms with van der Waals surface area (Å²) >= 11 is 9.46. The van der Waals surface area contributed by atoms with Crippen molar-refractivity contribution in [2.45, 2.75) is 84.2 Å². The van der Waals surface area contributed by atoms with E-state index in [1.54, 1.807) is 0 Å². The van der Waals surface area contributed by atoms with Crippen LogP contribution in [-0.4, -0.2) is 16.1 Å². The SMILES string of the molecule is CC[Si](C#Cc1c2c(c(C#C[Si](CC)(CC)CC)c3c1sc1ccc(Br)cc13)Cc1ccc(Br)cc1-2)(CC)CC. The third kappa shape index (κ3) is 5.12. The Kier molecular flexibility index (Phi) is 8.92. The number of thiophene rings is 1. The van der Waals surface area contributed by atoms with Crippen LogP contribution in [0.2, 0.25) is 36.3 Å². The molecule has 0 radical (unpaired) electrons. The van der Waals surface area contributed by atoms with Gasteiger partial charge in [0.25, 0.3) is 0 Å². The van der Waals surface area contributed by atoms with Crippen molar-refractivity contribution in [3.63, 3.8) is 0 Å². The molecule has 1 heterocycles. The number of hydrogen-bond acceptors (Lipinski definition) is 1. The molecule has 1 aliphatic rings. The van der Waals surface area contributed by atoms with Crippen molar-refractivity contribution in [3.8, 4) is 34.1 Å². The van der Waals surface area contributed by atoms with Crippen LogP contribution in [0.15, 0.2) is 45.3 Å². The van der Waals surface area contributed by atoms with Gasteiger partial charge in [-0.05, 0) is 89.7 Å². The van der Waals surface area contributed by atoms with E-state index in [9.17, 15) is 0 Å². The third-order valence-corrected chi connectivity index (χ3v) is 21.3. The summed E-state index contributed by atoms with van der Waals surface area (Å²) in [4.78, 5) is 0. The van der Waals surface area contributed by atoms with Gasteiger partial charge in [-0.15, -0.1) is 22.4 Å². The van der Waals surface area contributed by atoms with Crippen LogP contribution in [0, 0.1) is 22.9 Å². The first-order valence-corrected chi connectivity index (χ1v) is 22.5. The van der Waals surface area contributed by atoms with E-state index in [2.05, 4.69) is 133 Å². The van der Waals surface area contributed by atoms with Crippen molar-refractivity contribution in [1.82, 2.24) is 0 Å². The molecule has 5 heteroatoms. The van der Waals surface area contributed by atoms with E-state index in [1.165, 1.54) is 89.8 Å². The van der Waals surface area contributed by atoms with Crippen molar-refractivity contribution in [3.05, 3.63) is 67.6 Å². The van der Waals surface area contributed by atoms with Crippen molar-refractivity contribution < 1.29 is 0 Å². The topological polar surface area (TPSA) is 0 Å². The Morgan fingerprint density at radius 1 is 0.725 bits per heavy atom. The lowest BCUT2D eigenvalue weighted by Gasteiger charge is -2.21. The molecule has 0 nitrogen and oxygen atoms in total. The first-order valence-electron chi connectivity index (χ1n) is 14.8. The maximum atomic E-state index is 3.97. The summed E-state index contributed by atoms with van der Waals surface area (Å²) in [5, 5.41) is 2.63. The maximum absolute atomic E-state index is 3.97. The van der Waals surface area contributed by atoms with Crippen molar-refractivity contribution in [1.29, 1.82) is 0 Å². The number of hydrogen-bond donors (Lipinski definition) is 0. The molecular weight excluding hydrogens is 668 g/mol. The summed E-state index contributed by atoms with van der Waals surface area (Å²) in [7, 11) is -3.27. The number of halogens is 2. The minimum atomic E-state index is -1.63. The summed E-state index contributed by atoms with van der Waals surface area (Å²) in [6.07, 6.45) is 0.925. The second-order valence-corrected chi connectivity index (χ2v) is 24.0. The number of rotatable bonds is 6. The Bertz CT molecular complexity index is 1720. The summed E-state index contributed by atoms with van der Waals surface area (Å²) in [6, 6.07) is 20.8. The lowest BCUT2D eigenvalue weighted by atomic mass is 9.92. The standard InChI is InChI=1S/C35H38Br2SSi2/c1-7-39(8-2,9-3)19-17-27-30-21-24-13-14-25(36)22-29(24)33(30)28(18-20-40(10-4,11-5)12-6)35-34(27)31-23-26(37)15-16-32(31)38-35/h13-16,22-23H,7-12,21H2,1-6H3. The Labute approximate surface area is 263 Å². The molecule has 1 aromatic heterocycles. The molecule has 0 amide bonds. The fraction of sp³-hybridized carbons (Fsp3) is 0.371. The Hall–Kier alpha value is -1.61. The molecule has 0 spiro atoms. The zero-order chi connectivity index (χ0) is 28.7. The highest BCUT2D eigenvalue weighted by atomic mass is 79.9. The average Bonchev–Trinajstić information content (AvgIpc) is 3.54. The Morgan fingerprint density at radius 2 is 1.27 bits per heavy atom. The molecule has 0 N–H and O–H groups in total. The van der Waals surface area contributed by atoms with Crippen LogP contribution in [-0.2, 0) is 6.42 Å². The molecule has 0 fully saturated rings. The maximum Gasteiger partial charge on any atom is 0.138 e. The highest BCUT2D eigenvalue weighted by molar-refractivity contribution is 9.10. The van der Waals surface area contributed by atoms with E-state index < -0.39 is 16.1 Å². The molecule has 5 rings (SSSR count).